The Hall–Kier alpha value is 0.724. The summed E-state index contributed by atoms with van der Waals surface area (Å²) in [5, 5.41) is 1.77. The molecule has 2 nitrogen and oxygen atoms in total. The summed E-state index contributed by atoms with van der Waals surface area (Å²) in [6.45, 7) is -0.0611. The molecule has 0 heterocycles. The Balaban J connectivity index is 0. The van der Waals surface area contributed by atoms with E-state index in [4.69, 9.17) is 0 Å². The fourth-order valence-corrected chi connectivity index (χ4v) is 0.359. The molecule has 0 aliphatic heterocycles. The van der Waals surface area contributed by atoms with Gasteiger partial charge < -0.3 is 22.7 Å². The van der Waals surface area contributed by atoms with Gasteiger partial charge in [0.05, 0.1) is 11.9 Å². The van der Waals surface area contributed by atoms with Crippen molar-refractivity contribution in [2.45, 2.75) is 6.42 Å². The molecule has 0 saturated heterocycles. The van der Waals surface area contributed by atoms with Crippen LogP contribution in [0.1, 0.15) is 6.42 Å². The van der Waals surface area contributed by atoms with Gasteiger partial charge in [0.1, 0.15) is 0 Å². The predicted molar refractivity (Wildman–Crippen MR) is 31.4 cm³/mol. The van der Waals surface area contributed by atoms with Gasteiger partial charge in [-0.3, -0.25) is 4.39 Å². The molecular formula is C4H7FNOSY-. The van der Waals surface area contributed by atoms with Crippen molar-refractivity contribution in [3.05, 3.63) is 0 Å². The molecular weight excluding hydrogens is 218 g/mol. The first-order chi connectivity index (χ1) is 3.77. The van der Waals surface area contributed by atoms with Crippen LogP contribution in [0, 0.1) is 0 Å². The van der Waals surface area contributed by atoms with Gasteiger partial charge >= 0.3 is 0 Å². The van der Waals surface area contributed by atoms with Crippen LogP contribution in [0.2, 0.25) is 0 Å². The van der Waals surface area contributed by atoms with Crippen molar-refractivity contribution in [3.63, 3.8) is 0 Å². The topological polar surface area (TPSA) is 29.1 Å². The maximum atomic E-state index is 11.3. The van der Waals surface area contributed by atoms with Gasteiger partial charge in [0.15, 0.2) is 0 Å². The van der Waals surface area contributed by atoms with E-state index >= 15 is 0 Å². The molecule has 5 heteroatoms. The van der Waals surface area contributed by atoms with E-state index in [1.165, 1.54) is 0 Å². The maximum Gasteiger partial charge on any atom is 0.0980 e. The Morgan fingerprint density at radius 3 is 2.56 bits per heavy atom. The maximum absolute atomic E-state index is 11.3. The van der Waals surface area contributed by atoms with Crippen LogP contribution in [-0.4, -0.2) is 18.5 Å². The number of hydrogen-bond donors (Lipinski definition) is 1. The molecule has 0 rings (SSSR count). The first kappa shape index (κ1) is 12.4. The second-order valence-electron chi connectivity index (χ2n) is 1.26. The van der Waals surface area contributed by atoms with Crippen LogP contribution in [0.15, 0.2) is 0 Å². The van der Waals surface area contributed by atoms with Gasteiger partial charge in [-0.15, -0.1) is 0 Å². The number of halogens is 1. The molecule has 0 aromatic carbocycles. The van der Waals surface area contributed by atoms with Crippen molar-refractivity contribution in [1.29, 1.82) is 0 Å². The Labute approximate surface area is 84.2 Å². The summed E-state index contributed by atoms with van der Waals surface area (Å²) in [5.41, 5.74) is 0. The molecule has 0 aromatic heterocycles. The molecule has 0 aliphatic carbocycles. The summed E-state index contributed by atoms with van der Waals surface area (Å²) in [7, 11) is 0. The van der Waals surface area contributed by atoms with E-state index in [1.54, 1.807) is 0 Å². The SMILES string of the molecule is O=C([S-])NCCCF.[Y]. The zero-order valence-electron chi connectivity index (χ0n) is 4.89. The molecule has 0 saturated carbocycles. The van der Waals surface area contributed by atoms with Crippen molar-refractivity contribution in [2.24, 2.45) is 0 Å². The Kier molecular flexibility index (Phi) is 12.0. The standard InChI is InChI=1S/C4H8FNOS.Y/c5-2-1-3-6-4(7)8;/h1-3H2,(H2,6,7,8);/p-1. The largest absolute Gasteiger partial charge is 0.719 e. The normalized spacial score (nSPS) is 7.67. The van der Waals surface area contributed by atoms with E-state index < -0.39 is 11.9 Å². The van der Waals surface area contributed by atoms with E-state index in [2.05, 4.69) is 17.9 Å². The van der Waals surface area contributed by atoms with Crippen molar-refractivity contribution < 1.29 is 41.9 Å². The average molecular weight is 225 g/mol. The van der Waals surface area contributed by atoms with Crippen LogP contribution < -0.4 is 5.32 Å². The second-order valence-corrected chi connectivity index (χ2v) is 1.63. The molecule has 1 radical (unpaired) electrons. The molecule has 1 amide bonds. The van der Waals surface area contributed by atoms with Gasteiger partial charge in [-0.2, -0.15) is 0 Å². The summed E-state index contributed by atoms with van der Waals surface area (Å²) in [6, 6.07) is 0. The molecule has 0 fully saturated rings. The fraction of sp³-hybridized carbons (Fsp3) is 0.750. The van der Waals surface area contributed by atoms with Gasteiger partial charge in [0, 0.05) is 39.3 Å². The van der Waals surface area contributed by atoms with Crippen LogP contribution >= 0.6 is 0 Å². The fourth-order valence-electron chi connectivity index (χ4n) is 0.257. The van der Waals surface area contributed by atoms with Crippen molar-refractivity contribution in [2.75, 3.05) is 13.2 Å². The van der Waals surface area contributed by atoms with Crippen molar-refractivity contribution in [3.8, 4) is 0 Å². The van der Waals surface area contributed by atoms with Gasteiger partial charge in [-0.1, -0.05) is 0 Å². The van der Waals surface area contributed by atoms with E-state index in [0.717, 1.165) is 0 Å². The van der Waals surface area contributed by atoms with Crippen molar-refractivity contribution in [1.82, 2.24) is 5.32 Å². The molecule has 0 unspecified atom stereocenters. The number of amides is 1. The number of rotatable bonds is 3. The Bertz CT molecular complexity index is 83.0. The third-order valence-electron chi connectivity index (χ3n) is 0.580. The van der Waals surface area contributed by atoms with Crippen LogP contribution in [0.4, 0.5) is 9.18 Å². The predicted octanol–water partition coefficient (Wildman–Crippen LogP) is 0.600. The Morgan fingerprint density at radius 2 is 2.22 bits per heavy atom. The van der Waals surface area contributed by atoms with E-state index in [1.807, 2.05) is 0 Å². The molecule has 9 heavy (non-hydrogen) atoms. The van der Waals surface area contributed by atoms with Gasteiger partial charge in [-0.05, 0) is 6.42 Å². The number of carbonyl (C=O) groups is 1. The Morgan fingerprint density at radius 1 is 1.67 bits per heavy atom. The zero-order chi connectivity index (χ0) is 6.41. The quantitative estimate of drug-likeness (QED) is 0.563. The molecule has 0 atom stereocenters. The van der Waals surface area contributed by atoms with Crippen LogP contribution in [-0.2, 0) is 45.3 Å². The molecule has 51 valence electrons. The van der Waals surface area contributed by atoms with Crippen LogP contribution in [0.25, 0.3) is 0 Å². The minimum absolute atomic E-state index is 0. The average Bonchev–Trinajstić information content (AvgIpc) is 1.66. The minimum atomic E-state index is -0.515. The van der Waals surface area contributed by atoms with E-state index in [0.29, 0.717) is 13.0 Å². The van der Waals surface area contributed by atoms with E-state index in [-0.39, 0.29) is 32.7 Å². The smallest absolute Gasteiger partial charge is 0.0980 e. The number of nitrogens with one attached hydrogen (secondary N) is 1. The molecule has 1 N–H and O–H groups in total. The molecule has 0 aliphatic rings. The second kappa shape index (κ2) is 8.72. The first-order valence-corrected chi connectivity index (χ1v) is 2.69. The monoisotopic (exact) mass is 225 g/mol. The summed E-state index contributed by atoms with van der Waals surface area (Å²) in [6.07, 6.45) is 0.350. The molecule has 0 aromatic rings. The summed E-state index contributed by atoms with van der Waals surface area (Å²) in [5.74, 6) is 0. The van der Waals surface area contributed by atoms with Crippen molar-refractivity contribution >= 4 is 17.9 Å². The summed E-state index contributed by atoms with van der Waals surface area (Å²) in [4.78, 5) is 9.90. The number of alkyl halides is 1. The number of carbonyl (C=O) groups excluding carboxylic acids is 1. The summed E-state index contributed by atoms with van der Waals surface area (Å²) < 4.78 is 11.3. The van der Waals surface area contributed by atoms with Crippen LogP contribution in [0.3, 0.4) is 0 Å². The molecule has 0 bridgehead atoms. The molecule has 0 spiro atoms. The first-order valence-electron chi connectivity index (χ1n) is 2.28. The third kappa shape index (κ3) is 12.0. The van der Waals surface area contributed by atoms with Crippen LogP contribution in [0.5, 0.6) is 0 Å². The van der Waals surface area contributed by atoms with E-state index in [9.17, 15) is 9.18 Å². The van der Waals surface area contributed by atoms with Gasteiger partial charge in [0.25, 0.3) is 0 Å². The zero-order valence-corrected chi connectivity index (χ0v) is 8.55. The minimum Gasteiger partial charge on any atom is -0.719 e. The number of hydrogen-bond acceptors (Lipinski definition) is 2. The third-order valence-corrected chi connectivity index (χ3v) is 0.724. The summed E-state index contributed by atoms with van der Waals surface area (Å²) >= 11 is 4.12. The van der Waals surface area contributed by atoms with Gasteiger partial charge in [0.2, 0.25) is 0 Å². The van der Waals surface area contributed by atoms with Gasteiger partial charge in [-0.25, -0.2) is 0 Å².